The average molecular weight is 402 g/mol. The van der Waals surface area contributed by atoms with Crippen LogP contribution in [0.15, 0.2) is 57.9 Å². The fourth-order valence-corrected chi connectivity index (χ4v) is 3.69. The molecule has 0 bridgehead atoms. The number of nitrogens with zero attached hydrogens (tertiary/aromatic N) is 3. The van der Waals surface area contributed by atoms with Crippen LogP contribution in [0.3, 0.4) is 0 Å². The summed E-state index contributed by atoms with van der Waals surface area (Å²) in [5, 5.41) is 4.46. The van der Waals surface area contributed by atoms with E-state index in [1.165, 1.54) is 11.8 Å². The van der Waals surface area contributed by atoms with E-state index in [1.807, 2.05) is 62.4 Å². The van der Waals surface area contributed by atoms with Gasteiger partial charge in [0.2, 0.25) is 17.6 Å². The number of aryl methyl sites for hydroxylation is 1. The number of amides is 1. The van der Waals surface area contributed by atoms with Crippen molar-refractivity contribution in [2.75, 3.05) is 7.05 Å². The van der Waals surface area contributed by atoms with Gasteiger partial charge in [0.1, 0.15) is 0 Å². The van der Waals surface area contributed by atoms with Crippen LogP contribution in [-0.4, -0.2) is 33.2 Å². The topological polar surface area (TPSA) is 59.2 Å². The Labute approximate surface area is 167 Å². The Morgan fingerprint density at radius 3 is 2.70 bits per heavy atom. The quantitative estimate of drug-likeness (QED) is 0.553. The van der Waals surface area contributed by atoms with Gasteiger partial charge in [0.05, 0.1) is 11.8 Å². The lowest BCUT2D eigenvalue weighted by atomic mass is 10.1. The zero-order valence-corrected chi connectivity index (χ0v) is 16.9. The molecule has 1 heterocycles. The molecule has 1 amide bonds. The van der Waals surface area contributed by atoms with Crippen LogP contribution in [0.2, 0.25) is 5.02 Å². The minimum absolute atomic E-state index is 0.00902. The summed E-state index contributed by atoms with van der Waals surface area (Å²) in [5.41, 5.74) is 2.02. The summed E-state index contributed by atoms with van der Waals surface area (Å²) in [5.74, 6) is 0.925. The summed E-state index contributed by atoms with van der Waals surface area (Å²) in [6.45, 7) is 4.16. The molecule has 0 fully saturated rings. The van der Waals surface area contributed by atoms with Crippen molar-refractivity contribution in [3.8, 4) is 11.4 Å². The van der Waals surface area contributed by atoms with Gasteiger partial charge in [0.15, 0.2) is 0 Å². The number of halogens is 1. The lowest BCUT2D eigenvalue weighted by Crippen LogP contribution is -2.32. The largest absolute Gasteiger partial charge is 0.337 e. The molecule has 0 spiro atoms. The summed E-state index contributed by atoms with van der Waals surface area (Å²) in [4.78, 5) is 19.6. The molecular formula is C20H20ClN3O2S. The Kier molecular flexibility index (Phi) is 6.19. The Bertz CT molecular complexity index is 927. The number of thioether (sulfide) groups is 1. The molecule has 7 heteroatoms. The summed E-state index contributed by atoms with van der Waals surface area (Å²) in [6.07, 6.45) is 0. The standard InChI is InChI=1S/C20H20ClN3O2S/c1-13-5-4-6-15(11-13)19-22-18(26-23-19)12-24(3)20(25)14(2)27-17-9-7-16(21)8-10-17/h4-11,14H,12H2,1-3H3. The number of hydrogen-bond acceptors (Lipinski definition) is 5. The summed E-state index contributed by atoms with van der Waals surface area (Å²) in [6, 6.07) is 15.3. The predicted molar refractivity (Wildman–Crippen MR) is 108 cm³/mol. The maximum atomic E-state index is 12.6. The van der Waals surface area contributed by atoms with Gasteiger partial charge < -0.3 is 9.42 Å². The van der Waals surface area contributed by atoms with Crippen molar-refractivity contribution in [1.29, 1.82) is 0 Å². The first-order valence-corrected chi connectivity index (χ1v) is 9.75. The Hall–Kier alpha value is -2.31. The fourth-order valence-electron chi connectivity index (χ4n) is 2.58. The summed E-state index contributed by atoms with van der Waals surface area (Å²) < 4.78 is 5.31. The molecule has 0 saturated heterocycles. The maximum absolute atomic E-state index is 12.6. The first-order chi connectivity index (χ1) is 12.9. The highest BCUT2D eigenvalue weighted by molar-refractivity contribution is 8.00. The van der Waals surface area contributed by atoms with Crippen LogP contribution in [0.5, 0.6) is 0 Å². The molecule has 5 nitrogen and oxygen atoms in total. The van der Waals surface area contributed by atoms with Crippen molar-refractivity contribution in [2.45, 2.75) is 30.5 Å². The van der Waals surface area contributed by atoms with Crippen LogP contribution in [0, 0.1) is 6.92 Å². The van der Waals surface area contributed by atoms with Crippen LogP contribution >= 0.6 is 23.4 Å². The van der Waals surface area contributed by atoms with E-state index in [0.29, 0.717) is 16.7 Å². The molecule has 1 atom stereocenters. The van der Waals surface area contributed by atoms with Gasteiger partial charge in [-0.15, -0.1) is 11.8 Å². The zero-order chi connectivity index (χ0) is 19.4. The van der Waals surface area contributed by atoms with E-state index in [4.69, 9.17) is 16.1 Å². The first kappa shape index (κ1) is 19.5. The van der Waals surface area contributed by atoms with Crippen LogP contribution in [0.1, 0.15) is 18.4 Å². The Morgan fingerprint density at radius 2 is 2.00 bits per heavy atom. The fraction of sp³-hybridized carbons (Fsp3) is 0.250. The van der Waals surface area contributed by atoms with Crippen molar-refractivity contribution >= 4 is 29.3 Å². The minimum Gasteiger partial charge on any atom is -0.337 e. The van der Waals surface area contributed by atoms with Crippen molar-refractivity contribution < 1.29 is 9.32 Å². The maximum Gasteiger partial charge on any atom is 0.246 e. The molecule has 0 aliphatic rings. The number of benzene rings is 2. The van der Waals surface area contributed by atoms with Gasteiger partial charge in [-0.3, -0.25) is 4.79 Å². The SMILES string of the molecule is Cc1cccc(-c2noc(CN(C)C(=O)C(C)Sc3ccc(Cl)cc3)n2)c1. The second-order valence-corrected chi connectivity index (χ2v) is 8.14. The molecule has 0 saturated carbocycles. The Balaban J connectivity index is 1.61. The average Bonchev–Trinajstić information content (AvgIpc) is 3.11. The molecule has 1 aromatic heterocycles. The molecule has 2 aromatic carbocycles. The molecule has 3 aromatic rings. The molecule has 0 aliphatic carbocycles. The van der Waals surface area contributed by atoms with Crippen molar-refractivity contribution in [3.05, 3.63) is 65.0 Å². The van der Waals surface area contributed by atoms with E-state index in [-0.39, 0.29) is 17.7 Å². The third-order valence-electron chi connectivity index (χ3n) is 3.97. The van der Waals surface area contributed by atoms with E-state index in [1.54, 1.807) is 11.9 Å². The number of rotatable bonds is 6. The van der Waals surface area contributed by atoms with Crippen LogP contribution in [0.25, 0.3) is 11.4 Å². The normalized spacial score (nSPS) is 12.0. The minimum atomic E-state index is -0.240. The van der Waals surface area contributed by atoms with E-state index >= 15 is 0 Å². The highest BCUT2D eigenvalue weighted by atomic mass is 35.5. The summed E-state index contributed by atoms with van der Waals surface area (Å²) in [7, 11) is 1.73. The molecule has 3 rings (SSSR count). The van der Waals surface area contributed by atoms with Gasteiger partial charge in [0, 0.05) is 22.5 Å². The van der Waals surface area contributed by atoms with Gasteiger partial charge in [-0.1, -0.05) is 40.5 Å². The Morgan fingerprint density at radius 1 is 1.26 bits per heavy atom. The van der Waals surface area contributed by atoms with Gasteiger partial charge in [0.25, 0.3) is 0 Å². The first-order valence-electron chi connectivity index (χ1n) is 8.49. The molecule has 1 unspecified atom stereocenters. The van der Waals surface area contributed by atoms with Gasteiger partial charge in [-0.25, -0.2) is 0 Å². The van der Waals surface area contributed by atoms with Gasteiger partial charge >= 0.3 is 0 Å². The van der Waals surface area contributed by atoms with Crippen LogP contribution < -0.4 is 0 Å². The van der Waals surface area contributed by atoms with E-state index < -0.39 is 0 Å². The molecule has 140 valence electrons. The number of aromatic nitrogens is 2. The van der Waals surface area contributed by atoms with E-state index in [0.717, 1.165) is 16.0 Å². The van der Waals surface area contributed by atoms with Crippen molar-refractivity contribution in [2.24, 2.45) is 0 Å². The number of hydrogen-bond donors (Lipinski definition) is 0. The monoisotopic (exact) mass is 401 g/mol. The van der Waals surface area contributed by atoms with Crippen molar-refractivity contribution in [3.63, 3.8) is 0 Å². The van der Waals surface area contributed by atoms with E-state index in [2.05, 4.69) is 10.1 Å². The smallest absolute Gasteiger partial charge is 0.246 e. The number of carbonyl (C=O) groups excluding carboxylic acids is 1. The predicted octanol–water partition coefficient (Wildman–Crippen LogP) is 4.84. The highest BCUT2D eigenvalue weighted by Gasteiger charge is 2.21. The molecule has 0 radical (unpaired) electrons. The third kappa shape index (κ3) is 5.11. The zero-order valence-electron chi connectivity index (χ0n) is 15.3. The second kappa shape index (κ2) is 8.59. The van der Waals surface area contributed by atoms with Crippen LogP contribution in [-0.2, 0) is 11.3 Å². The van der Waals surface area contributed by atoms with E-state index in [9.17, 15) is 4.79 Å². The second-order valence-electron chi connectivity index (χ2n) is 6.29. The molecule has 27 heavy (non-hydrogen) atoms. The van der Waals surface area contributed by atoms with Crippen molar-refractivity contribution in [1.82, 2.24) is 15.0 Å². The number of carbonyl (C=O) groups is 1. The highest BCUT2D eigenvalue weighted by Crippen LogP contribution is 2.26. The van der Waals surface area contributed by atoms with Crippen LogP contribution in [0.4, 0.5) is 0 Å². The summed E-state index contributed by atoms with van der Waals surface area (Å²) >= 11 is 7.39. The molecular weight excluding hydrogens is 382 g/mol. The van der Waals surface area contributed by atoms with Gasteiger partial charge in [-0.2, -0.15) is 4.98 Å². The lowest BCUT2D eigenvalue weighted by Gasteiger charge is -2.19. The van der Waals surface area contributed by atoms with Gasteiger partial charge in [-0.05, 0) is 44.2 Å². The molecule has 0 N–H and O–H groups in total. The lowest BCUT2D eigenvalue weighted by molar-refractivity contribution is -0.129. The molecule has 0 aliphatic heterocycles. The third-order valence-corrected chi connectivity index (χ3v) is 5.32.